The van der Waals surface area contributed by atoms with Crippen molar-refractivity contribution in [1.82, 2.24) is 19.2 Å². The van der Waals surface area contributed by atoms with Crippen LogP contribution in [-0.2, 0) is 16.6 Å². The fourth-order valence-corrected chi connectivity index (χ4v) is 4.72. The molecule has 0 saturated carbocycles. The summed E-state index contributed by atoms with van der Waals surface area (Å²) in [5.74, 6) is 0.903. The Bertz CT molecular complexity index is 976. The molecule has 1 aromatic heterocycles. The zero-order chi connectivity index (χ0) is 18.1. The van der Waals surface area contributed by atoms with Crippen molar-refractivity contribution < 1.29 is 8.42 Å². The molecule has 4 rings (SSSR count). The quantitative estimate of drug-likeness (QED) is 0.743. The molecule has 0 amide bonds. The summed E-state index contributed by atoms with van der Waals surface area (Å²) in [7, 11) is -3.47. The first-order valence-electron chi connectivity index (χ1n) is 8.44. The molecule has 1 N–H and O–H groups in total. The van der Waals surface area contributed by atoms with Gasteiger partial charge in [-0.15, -0.1) is 0 Å². The van der Waals surface area contributed by atoms with Gasteiger partial charge in [0, 0.05) is 31.2 Å². The molecule has 0 atom stereocenters. The molecular weight excluding hydrogens is 372 g/mol. The number of H-pyrrole nitrogens is 1. The van der Waals surface area contributed by atoms with E-state index in [0.717, 1.165) is 16.9 Å². The van der Waals surface area contributed by atoms with Crippen LogP contribution in [-0.4, -0.2) is 53.8 Å². The molecule has 2 heterocycles. The van der Waals surface area contributed by atoms with E-state index in [1.54, 1.807) is 24.3 Å². The molecule has 0 unspecified atom stereocenters. The summed E-state index contributed by atoms with van der Waals surface area (Å²) in [4.78, 5) is 10.4. The van der Waals surface area contributed by atoms with Crippen molar-refractivity contribution in [2.75, 3.05) is 26.2 Å². The SMILES string of the molecule is O=S(=O)(c1ccc(Cl)cc1)N1CCN(Cc2nc3ccccc3[nH]2)CC1. The predicted molar refractivity (Wildman–Crippen MR) is 102 cm³/mol. The van der Waals surface area contributed by atoms with E-state index >= 15 is 0 Å². The van der Waals surface area contributed by atoms with Crippen LogP contribution in [0.4, 0.5) is 0 Å². The first kappa shape index (κ1) is 17.5. The minimum Gasteiger partial charge on any atom is -0.341 e. The number of hydrogen-bond donors (Lipinski definition) is 1. The second kappa shape index (κ2) is 7.00. The minimum absolute atomic E-state index is 0.285. The van der Waals surface area contributed by atoms with Crippen molar-refractivity contribution in [2.24, 2.45) is 0 Å². The number of para-hydroxylation sites is 2. The molecule has 0 radical (unpaired) electrons. The van der Waals surface area contributed by atoms with Crippen LogP contribution in [0.1, 0.15) is 5.82 Å². The minimum atomic E-state index is -3.47. The Balaban J connectivity index is 1.41. The lowest BCUT2D eigenvalue weighted by atomic mass is 10.3. The van der Waals surface area contributed by atoms with Gasteiger partial charge in [0.25, 0.3) is 0 Å². The zero-order valence-corrected chi connectivity index (χ0v) is 15.7. The van der Waals surface area contributed by atoms with E-state index in [2.05, 4.69) is 14.9 Å². The maximum Gasteiger partial charge on any atom is 0.243 e. The highest BCUT2D eigenvalue weighted by Gasteiger charge is 2.28. The third kappa shape index (κ3) is 3.48. The summed E-state index contributed by atoms with van der Waals surface area (Å²) in [5, 5.41) is 0.527. The Morgan fingerprint density at radius 1 is 1.00 bits per heavy atom. The molecule has 1 saturated heterocycles. The lowest BCUT2D eigenvalue weighted by Crippen LogP contribution is -2.48. The van der Waals surface area contributed by atoms with E-state index in [1.807, 2.05) is 24.3 Å². The van der Waals surface area contributed by atoms with Crippen LogP contribution in [0.2, 0.25) is 5.02 Å². The first-order chi connectivity index (χ1) is 12.5. The second-order valence-electron chi connectivity index (χ2n) is 6.33. The van der Waals surface area contributed by atoms with E-state index in [1.165, 1.54) is 4.31 Å². The number of halogens is 1. The number of nitrogens with zero attached hydrogens (tertiary/aromatic N) is 3. The lowest BCUT2D eigenvalue weighted by Gasteiger charge is -2.33. The maximum atomic E-state index is 12.7. The van der Waals surface area contributed by atoms with Gasteiger partial charge in [-0.2, -0.15) is 4.31 Å². The third-order valence-electron chi connectivity index (χ3n) is 4.59. The standard InChI is InChI=1S/C18H19ClN4O2S/c19-14-5-7-15(8-6-14)26(24,25)23-11-9-22(10-12-23)13-18-20-16-3-1-2-4-17(16)21-18/h1-8H,9-13H2,(H,20,21). The van der Waals surface area contributed by atoms with Gasteiger partial charge in [0.2, 0.25) is 10.0 Å². The van der Waals surface area contributed by atoms with Crippen molar-refractivity contribution in [3.8, 4) is 0 Å². The van der Waals surface area contributed by atoms with Gasteiger partial charge < -0.3 is 4.98 Å². The highest BCUT2D eigenvalue weighted by atomic mass is 35.5. The van der Waals surface area contributed by atoms with Crippen LogP contribution in [0.25, 0.3) is 11.0 Å². The molecule has 1 aliphatic heterocycles. The summed E-state index contributed by atoms with van der Waals surface area (Å²) in [6.45, 7) is 2.95. The summed E-state index contributed by atoms with van der Waals surface area (Å²) >= 11 is 5.85. The molecule has 0 bridgehead atoms. The molecule has 6 nitrogen and oxygen atoms in total. The van der Waals surface area contributed by atoms with Crippen molar-refractivity contribution in [2.45, 2.75) is 11.4 Å². The number of imidazole rings is 1. The fourth-order valence-electron chi connectivity index (χ4n) is 3.18. The third-order valence-corrected chi connectivity index (χ3v) is 6.76. The number of nitrogens with one attached hydrogen (secondary N) is 1. The van der Waals surface area contributed by atoms with Gasteiger partial charge in [0.1, 0.15) is 5.82 Å². The van der Waals surface area contributed by atoms with Gasteiger partial charge in [-0.1, -0.05) is 23.7 Å². The summed E-state index contributed by atoms with van der Waals surface area (Å²) < 4.78 is 27.0. The van der Waals surface area contributed by atoms with E-state index in [0.29, 0.717) is 37.7 Å². The van der Waals surface area contributed by atoms with E-state index in [-0.39, 0.29) is 4.90 Å². The number of aromatic nitrogens is 2. The van der Waals surface area contributed by atoms with Crippen LogP contribution in [0.3, 0.4) is 0 Å². The van der Waals surface area contributed by atoms with Crippen LogP contribution >= 0.6 is 11.6 Å². The van der Waals surface area contributed by atoms with Crippen molar-refractivity contribution >= 4 is 32.7 Å². The van der Waals surface area contributed by atoms with Crippen LogP contribution in [0.5, 0.6) is 0 Å². The van der Waals surface area contributed by atoms with Crippen molar-refractivity contribution in [1.29, 1.82) is 0 Å². The molecule has 0 spiro atoms. The van der Waals surface area contributed by atoms with Gasteiger partial charge in [-0.25, -0.2) is 13.4 Å². The first-order valence-corrected chi connectivity index (χ1v) is 10.3. The van der Waals surface area contributed by atoms with Gasteiger partial charge in [0.15, 0.2) is 0 Å². The number of sulfonamides is 1. The number of hydrogen-bond acceptors (Lipinski definition) is 4. The van der Waals surface area contributed by atoms with E-state index < -0.39 is 10.0 Å². The summed E-state index contributed by atoms with van der Waals surface area (Å²) in [6, 6.07) is 14.2. The Morgan fingerprint density at radius 3 is 2.38 bits per heavy atom. The molecular formula is C18H19ClN4O2S. The molecule has 2 aromatic carbocycles. The molecule has 0 aliphatic carbocycles. The molecule has 1 aliphatic rings. The van der Waals surface area contributed by atoms with Crippen molar-refractivity contribution in [3.05, 3.63) is 59.4 Å². The van der Waals surface area contributed by atoms with Gasteiger partial charge in [-0.05, 0) is 36.4 Å². The number of rotatable bonds is 4. The van der Waals surface area contributed by atoms with Crippen LogP contribution in [0, 0.1) is 0 Å². The molecule has 3 aromatic rings. The Morgan fingerprint density at radius 2 is 1.69 bits per heavy atom. The van der Waals surface area contributed by atoms with Crippen molar-refractivity contribution in [3.63, 3.8) is 0 Å². The van der Waals surface area contributed by atoms with Crippen LogP contribution in [0.15, 0.2) is 53.4 Å². The highest BCUT2D eigenvalue weighted by molar-refractivity contribution is 7.89. The molecule has 26 heavy (non-hydrogen) atoms. The van der Waals surface area contributed by atoms with Gasteiger partial charge >= 0.3 is 0 Å². The average molecular weight is 391 g/mol. The monoisotopic (exact) mass is 390 g/mol. The topological polar surface area (TPSA) is 69.3 Å². The number of fused-ring (bicyclic) bond motifs is 1. The number of piperazine rings is 1. The Labute approximate surface area is 157 Å². The van der Waals surface area contributed by atoms with Crippen LogP contribution < -0.4 is 0 Å². The lowest BCUT2D eigenvalue weighted by molar-refractivity contribution is 0.178. The molecule has 1 fully saturated rings. The predicted octanol–water partition coefficient (Wildman–Crippen LogP) is 2.72. The average Bonchev–Trinajstić information content (AvgIpc) is 3.05. The van der Waals surface area contributed by atoms with Gasteiger partial charge in [-0.3, -0.25) is 4.90 Å². The molecule has 8 heteroatoms. The maximum absolute atomic E-state index is 12.7. The van der Waals surface area contributed by atoms with E-state index in [9.17, 15) is 8.42 Å². The Hall–Kier alpha value is -1.93. The van der Waals surface area contributed by atoms with E-state index in [4.69, 9.17) is 11.6 Å². The largest absolute Gasteiger partial charge is 0.341 e. The van der Waals surface area contributed by atoms with Gasteiger partial charge in [0.05, 0.1) is 22.5 Å². The normalized spacial score (nSPS) is 17.0. The molecule has 136 valence electrons. The summed E-state index contributed by atoms with van der Waals surface area (Å²) in [6.07, 6.45) is 0. The second-order valence-corrected chi connectivity index (χ2v) is 8.71. The zero-order valence-electron chi connectivity index (χ0n) is 14.1. The highest BCUT2D eigenvalue weighted by Crippen LogP contribution is 2.20. The summed E-state index contributed by atoms with van der Waals surface area (Å²) in [5.41, 5.74) is 1.97. The smallest absolute Gasteiger partial charge is 0.243 e. The Kier molecular flexibility index (Phi) is 4.71. The number of aromatic amines is 1. The number of benzene rings is 2. The fraction of sp³-hybridized carbons (Fsp3) is 0.278.